The number of hydrogen-bond donors (Lipinski definition) is 1. The van der Waals surface area contributed by atoms with Crippen molar-refractivity contribution in [1.29, 1.82) is 0 Å². The summed E-state index contributed by atoms with van der Waals surface area (Å²) < 4.78 is 1.03. The van der Waals surface area contributed by atoms with E-state index in [1.165, 1.54) is 0 Å². The molecule has 1 N–H and O–H groups in total. The number of piperidine rings is 1. The van der Waals surface area contributed by atoms with E-state index in [9.17, 15) is 9.90 Å². The van der Waals surface area contributed by atoms with Crippen molar-refractivity contribution in [3.8, 4) is 0 Å². The topological polar surface area (TPSA) is 40.5 Å². The lowest BCUT2D eigenvalue weighted by Crippen LogP contribution is -2.51. The fourth-order valence-electron chi connectivity index (χ4n) is 3.22. The first-order valence-corrected chi connectivity index (χ1v) is 8.00. The molecule has 3 nitrogen and oxygen atoms in total. The Hall–Kier alpha value is -0.870. The van der Waals surface area contributed by atoms with Gasteiger partial charge in [0.05, 0.1) is 11.0 Å². The van der Waals surface area contributed by atoms with E-state index in [1.807, 2.05) is 36.1 Å². The van der Waals surface area contributed by atoms with Crippen molar-refractivity contribution < 1.29 is 9.90 Å². The largest absolute Gasteiger partial charge is 0.388 e. The Bertz CT molecular complexity index is 520. The number of benzene rings is 1. The summed E-state index contributed by atoms with van der Waals surface area (Å²) in [5.41, 5.74) is 0.0496. The highest BCUT2D eigenvalue weighted by Crippen LogP contribution is 2.50. The molecule has 0 bridgehead atoms. The number of carbonyl (C=O) groups is 1. The molecule has 1 heterocycles. The number of amides is 1. The molecule has 2 fully saturated rings. The third kappa shape index (κ3) is 2.51. The first kappa shape index (κ1) is 14.1. The Morgan fingerprint density at radius 1 is 1.25 bits per heavy atom. The molecule has 4 heteroatoms. The van der Waals surface area contributed by atoms with Crippen molar-refractivity contribution in [2.75, 3.05) is 13.1 Å². The van der Waals surface area contributed by atoms with Crippen molar-refractivity contribution in [2.24, 2.45) is 0 Å². The summed E-state index contributed by atoms with van der Waals surface area (Å²) in [5, 5.41) is 10.2. The maximum atomic E-state index is 12.9. The standard InChI is InChI=1S/C16H20BrNO2/c1-15(20)7-2-10-18(11-15)14(19)16(8-9-16)12-3-5-13(17)6-4-12/h3-6,20H,2,7-11H2,1H3. The first-order chi connectivity index (χ1) is 9.43. The summed E-state index contributed by atoms with van der Waals surface area (Å²) in [4.78, 5) is 14.7. The molecule has 20 heavy (non-hydrogen) atoms. The highest BCUT2D eigenvalue weighted by molar-refractivity contribution is 9.10. The van der Waals surface area contributed by atoms with Gasteiger partial charge in [-0.05, 0) is 50.3 Å². The molecular formula is C16H20BrNO2. The van der Waals surface area contributed by atoms with Gasteiger partial charge in [0.25, 0.3) is 0 Å². The third-order valence-electron chi connectivity index (χ3n) is 4.52. The summed E-state index contributed by atoms with van der Waals surface area (Å²) in [5.74, 6) is 0.194. The number of halogens is 1. The van der Waals surface area contributed by atoms with Gasteiger partial charge in [0.15, 0.2) is 0 Å². The van der Waals surface area contributed by atoms with Gasteiger partial charge in [0.1, 0.15) is 0 Å². The maximum Gasteiger partial charge on any atom is 0.233 e. The number of likely N-dealkylation sites (tertiary alicyclic amines) is 1. The zero-order valence-corrected chi connectivity index (χ0v) is 13.3. The fraction of sp³-hybridized carbons (Fsp3) is 0.562. The van der Waals surface area contributed by atoms with Gasteiger partial charge in [0, 0.05) is 17.6 Å². The van der Waals surface area contributed by atoms with Crippen LogP contribution in [-0.2, 0) is 10.2 Å². The number of nitrogens with zero attached hydrogens (tertiary/aromatic N) is 1. The lowest BCUT2D eigenvalue weighted by atomic mass is 9.90. The Balaban J connectivity index is 1.81. The zero-order valence-electron chi connectivity index (χ0n) is 11.7. The molecule has 1 aliphatic heterocycles. The van der Waals surface area contributed by atoms with E-state index in [-0.39, 0.29) is 11.3 Å². The molecule has 0 radical (unpaired) electrons. The van der Waals surface area contributed by atoms with Gasteiger partial charge in [-0.15, -0.1) is 0 Å². The molecule has 2 aliphatic rings. The van der Waals surface area contributed by atoms with Crippen LogP contribution in [0.4, 0.5) is 0 Å². The van der Waals surface area contributed by atoms with Crippen molar-refractivity contribution in [3.05, 3.63) is 34.3 Å². The van der Waals surface area contributed by atoms with Crippen LogP contribution in [0.25, 0.3) is 0 Å². The Morgan fingerprint density at radius 3 is 2.45 bits per heavy atom. The average molecular weight is 338 g/mol. The highest BCUT2D eigenvalue weighted by Gasteiger charge is 2.53. The zero-order chi connectivity index (χ0) is 14.4. The van der Waals surface area contributed by atoms with E-state index >= 15 is 0 Å². The van der Waals surface area contributed by atoms with Crippen LogP contribution in [-0.4, -0.2) is 34.6 Å². The molecule has 1 amide bonds. The smallest absolute Gasteiger partial charge is 0.233 e. The molecule has 1 unspecified atom stereocenters. The monoisotopic (exact) mass is 337 g/mol. The molecule has 1 saturated heterocycles. The number of carbonyl (C=O) groups excluding carboxylic acids is 1. The molecule has 1 atom stereocenters. The minimum atomic E-state index is -0.732. The molecule has 1 aliphatic carbocycles. The molecule has 1 saturated carbocycles. The van der Waals surface area contributed by atoms with Crippen LogP contribution >= 0.6 is 15.9 Å². The quantitative estimate of drug-likeness (QED) is 0.901. The number of hydrogen-bond acceptors (Lipinski definition) is 2. The SMILES string of the molecule is CC1(O)CCCN(C(=O)C2(c3ccc(Br)cc3)CC2)C1. The Kier molecular flexibility index (Phi) is 3.41. The van der Waals surface area contributed by atoms with E-state index in [1.54, 1.807) is 0 Å². The van der Waals surface area contributed by atoms with Crippen molar-refractivity contribution >= 4 is 21.8 Å². The van der Waals surface area contributed by atoms with Gasteiger partial charge in [-0.25, -0.2) is 0 Å². The third-order valence-corrected chi connectivity index (χ3v) is 5.05. The summed E-state index contributed by atoms with van der Waals surface area (Å²) in [6.45, 7) is 3.06. The second-order valence-corrected chi connectivity index (χ2v) is 7.33. The molecule has 0 spiro atoms. The van der Waals surface area contributed by atoms with Gasteiger partial charge in [-0.3, -0.25) is 4.79 Å². The molecule has 1 aromatic rings. The maximum absolute atomic E-state index is 12.9. The Morgan fingerprint density at radius 2 is 1.90 bits per heavy atom. The van der Waals surface area contributed by atoms with E-state index in [2.05, 4.69) is 15.9 Å². The first-order valence-electron chi connectivity index (χ1n) is 7.21. The van der Waals surface area contributed by atoms with Crippen LogP contribution < -0.4 is 0 Å². The number of β-amino-alcohol motifs (C(OH)–C–C–N with tert-alkyl or cyclic N) is 1. The van der Waals surface area contributed by atoms with Gasteiger partial charge in [-0.1, -0.05) is 28.1 Å². The van der Waals surface area contributed by atoms with Gasteiger partial charge >= 0.3 is 0 Å². The number of rotatable bonds is 2. The predicted octanol–water partition coefficient (Wildman–Crippen LogP) is 2.85. The second-order valence-electron chi connectivity index (χ2n) is 6.42. The van der Waals surface area contributed by atoms with Gasteiger partial charge < -0.3 is 10.0 Å². The summed E-state index contributed by atoms with van der Waals surface area (Å²) in [7, 11) is 0. The van der Waals surface area contributed by atoms with Crippen molar-refractivity contribution in [2.45, 2.75) is 43.6 Å². The van der Waals surface area contributed by atoms with Gasteiger partial charge in [0.2, 0.25) is 5.91 Å². The summed E-state index contributed by atoms with van der Waals surface area (Å²) in [6, 6.07) is 8.07. The second kappa shape index (κ2) is 4.85. The molecule has 108 valence electrons. The summed E-state index contributed by atoms with van der Waals surface area (Å²) >= 11 is 3.43. The van der Waals surface area contributed by atoms with Crippen molar-refractivity contribution in [3.63, 3.8) is 0 Å². The van der Waals surface area contributed by atoms with Gasteiger partial charge in [-0.2, -0.15) is 0 Å². The molecule has 3 rings (SSSR count). The van der Waals surface area contributed by atoms with Crippen LogP contribution in [0.1, 0.15) is 38.2 Å². The lowest BCUT2D eigenvalue weighted by molar-refractivity contribution is -0.140. The molecule has 1 aromatic carbocycles. The average Bonchev–Trinajstić information content (AvgIpc) is 3.19. The highest BCUT2D eigenvalue weighted by atomic mass is 79.9. The van der Waals surface area contributed by atoms with E-state index < -0.39 is 5.60 Å². The van der Waals surface area contributed by atoms with Crippen LogP contribution in [0.15, 0.2) is 28.7 Å². The van der Waals surface area contributed by atoms with Crippen LogP contribution in [0, 0.1) is 0 Å². The Labute approximate surface area is 128 Å². The van der Waals surface area contributed by atoms with E-state index in [0.29, 0.717) is 6.54 Å². The van der Waals surface area contributed by atoms with Crippen LogP contribution in [0.5, 0.6) is 0 Å². The van der Waals surface area contributed by atoms with Crippen LogP contribution in [0.2, 0.25) is 0 Å². The predicted molar refractivity (Wildman–Crippen MR) is 81.5 cm³/mol. The number of aliphatic hydroxyl groups is 1. The summed E-state index contributed by atoms with van der Waals surface area (Å²) in [6.07, 6.45) is 3.51. The normalized spacial score (nSPS) is 28.2. The minimum Gasteiger partial charge on any atom is -0.388 e. The lowest BCUT2D eigenvalue weighted by Gasteiger charge is -2.38. The molecule has 0 aromatic heterocycles. The van der Waals surface area contributed by atoms with Crippen LogP contribution in [0.3, 0.4) is 0 Å². The molecular weight excluding hydrogens is 318 g/mol. The van der Waals surface area contributed by atoms with E-state index in [4.69, 9.17) is 0 Å². The fourth-order valence-corrected chi connectivity index (χ4v) is 3.48. The van der Waals surface area contributed by atoms with Crippen molar-refractivity contribution in [1.82, 2.24) is 4.90 Å². The minimum absolute atomic E-state index is 0.194. The van der Waals surface area contributed by atoms with E-state index in [0.717, 1.165) is 42.3 Å².